The summed E-state index contributed by atoms with van der Waals surface area (Å²) < 4.78 is 10.6. The number of nitrogens with zero attached hydrogens (tertiary/aromatic N) is 2. The molecule has 1 aromatic rings. The van der Waals surface area contributed by atoms with Crippen LogP contribution in [0.5, 0.6) is 11.5 Å². The van der Waals surface area contributed by atoms with E-state index in [0.29, 0.717) is 17.1 Å². The van der Waals surface area contributed by atoms with Crippen molar-refractivity contribution in [3.63, 3.8) is 0 Å². The summed E-state index contributed by atoms with van der Waals surface area (Å²) in [6, 6.07) is 3.81. The lowest BCUT2D eigenvalue weighted by atomic mass is 9.98. The van der Waals surface area contributed by atoms with Gasteiger partial charge in [-0.05, 0) is 24.6 Å². The Kier molecular flexibility index (Phi) is 3.65. The Balaban J connectivity index is 2.12. The van der Waals surface area contributed by atoms with E-state index in [1.54, 1.807) is 18.2 Å². The van der Waals surface area contributed by atoms with Gasteiger partial charge in [0.1, 0.15) is 0 Å². The van der Waals surface area contributed by atoms with Crippen molar-refractivity contribution in [2.75, 3.05) is 13.3 Å². The van der Waals surface area contributed by atoms with Gasteiger partial charge in [-0.15, -0.1) is 6.58 Å². The third kappa shape index (κ3) is 2.48. The molecule has 2 aliphatic heterocycles. The minimum Gasteiger partial charge on any atom is -0.454 e. The zero-order valence-corrected chi connectivity index (χ0v) is 12.4. The van der Waals surface area contributed by atoms with Crippen molar-refractivity contribution in [2.45, 2.75) is 13.0 Å². The van der Waals surface area contributed by atoms with Gasteiger partial charge in [-0.2, -0.15) is 0 Å². The summed E-state index contributed by atoms with van der Waals surface area (Å²) in [5.74, 6) is 1.08. The molecule has 8 nitrogen and oxygen atoms in total. The lowest BCUT2D eigenvalue weighted by Crippen LogP contribution is -2.48. The van der Waals surface area contributed by atoms with Crippen LogP contribution in [0.2, 0.25) is 0 Å². The van der Waals surface area contributed by atoms with E-state index in [9.17, 15) is 14.9 Å². The zero-order chi connectivity index (χ0) is 16.6. The molecule has 1 N–H and O–H groups in total. The maximum absolute atomic E-state index is 12.2. The predicted molar refractivity (Wildman–Crippen MR) is 80.4 cm³/mol. The molecule has 2 aliphatic rings. The second-order valence-corrected chi connectivity index (χ2v) is 5.15. The van der Waals surface area contributed by atoms with Crippen LogP contribution in [0.3, 0.4) is 0 Å². The number of nitrogens with one attached hydrogen (secondary N) is 1. The SMILES string of the molecule is C=CCN1C(=O)NC(C)=C([N+](=O)[O-])C1c1ccc2c(c1)OCO2. The zero-order valence-electron chi connectivity index (χ0n) is 12.4. The highest BCUT2D eigenvalue weighted by atomic mass is 16.7. The summed E-state index contributed by atoms with van der Waals surface area (Å²) in [7, 11) is 0. The van der Waals surface area contributed by atoms with Crippen molar-refractivity contribution in [1.29, 1.82) is 0 Å². The first-order chi connectivity index (χ1) is 11.0. The van der Waals surface area contributed by atoms with E-state index in [4.69, 9.17) is 9.47 Å². The standard InChI is InChI=1S/C15H15N3O5/c1-3-6-17-14(13(18(20)21)9(2)16-15(17)19)10-4-5-11-12(7-10)23-8-22-11/h3-5,7,14H,1,6,8H2,2H3,(H,16,19). The first-order valence-corrected chi connectivity index (χ1v) is 6.96. The molecule has 0 aliphatic carbocycles. The average molecular weight is 317 g/mol. The van der Waals surface area contributed by atoms with Crippen LogP contribution in [-0.2, 0) is 0 Å². The Morgan fingerprint density at radius 2 is 2.22 bits per heavy atom. The summed E-state index contributed by atoms with van der Waals surface area (Å²) in [6.45, 7) is 5.41. The van der Waals surface area contributed by atoms with Crippen LogP contribution in [0.1, 0.15) is 18.5 Å². The fraction of sp³-hybridized carbons (Fsp3) is 0.267. The molecule has 3 rings (SSSR count). The Hall–Kier alpha value is -3.03. The van der Waals surface area contributed by atoms with Crippen molar-refractivity contribution in [3.05, 3.63) is 57.9 Å². The van der Waals surface area contributed by atoms with E-state index in [1.807, 2.05) is 0 Å². The number of nitro groups is 1. The van der Waals surface area contributed by atoms with Crippen molar-refractivity contribution in [2.24, 2.45) is 0 Å². The van der Waals surface area contributed by atoms with E-state index in [2.05, 4.69) is 11.9 Å². The van der Waals surface area contributed by atoms with Crippen LogP contribution in [-0.4, -0.2) is 29.2 Å². The number of fused-ring (bicyclic) bond motifs is 1. The molecular formula is C15H15N3O5. The fourth-order valence-corrected chi connectivity index (χ4v) is 2.75. The lowest BCUT2D eigenvalue weighted by molar-refractivity contribution is -0.435. The van der Waals surface area contributed by atoms with Crippen molar-refractivity contribution < 1.29 is 19.2 Å². The van der Waals surface area contributed by atoms with Crippen LogP contribution < -0.4 is 14.8 Å². The summed E-state index contributed by atoms with van der Waals surface area (Å²) in [4.78, 5) is 24.6. The maximum Gasteiger partial charge on any atom is 0.323 e. The van der Waals surface area contributed by atoms with Crippen LogP contribution in [0.4, 0.5) is 4.79 Å². The fourth-order valence-electron chi connectivity index (χ4n) is 2.75. The molecule has 0 saturated carbocycles. The first-order valence-electron chi connectivity index (χ1n) is 6.96. The molecule has 0 bridgehead atoms. The van der Waals surface area contributed by atoms with Gasteiger partial charge in [-0.1, -0.05) is 12.1 Å². The Bertz CT molecular complexity index is 728. The number of allylic oxidation sites excluding steroid dienone is 1. The average Bonchev–Trinajstić information content (AvgIpc) is 2.96. The number of ether oxygens (including phenoxy) is 2. The van der Waals surface area contributed by atoms with Gasteiger partial charge >= 0.3 is 6.03 Å². The Labute approximate surface area is 132 Å². The second kappa shape index (κ2) is 5.64. The number of amides is 2. The molecule has 120 valence electrons. The number of benzene rings is 1. The summed E-state index contributed by atoms with van der Waals surface area (Å²) in [6.07, 6.45) is 1.53. The van der Waals surface area contributed by atoms with Gasteiger partial charge in [-0.3, -0.25) is 10.1 Å². The number of hydrogen-bond acceptors (Lipinski definition) is 5. The first kappa shape index (κ1) is 14.9. The van der Waals surface area contributed by atoms with E-state index < -0.39 is 17.0 Å². The quantitative estimate of drug-likeness (QED) is 0.522. The molecule has 0 aromatic heterocycles. The highest BCUT2D eigenvalue weighted by molar-refractivity contribution is 5.79. The van der Waals surface area contributed by atoms with Crippen molar-refractivity contribution in [3.8, 4) is 11.5 Å². The Morgan fingerprint density at radius 1 is 1.48 bits per heavy atom. The monoisotopic (exact) mass is 317 g/mol. The molecule has 23 heavy (non-hydrogen) atoms. The molecule has 0 spiro atoms. The number of hydrogen-bond donors (Lipinski definition) is 1. The minimum absolute atomic E-state index is 0.0784. The van der Waals surface area contributed by atoms with Crippen molar-refractivity contribution in [1.82, 2.24) is 10.2 Å². The molecule has 0 radical (unpaired) electrons. The molecule has 1 atom stereocenters. The van der Waals surface area contributed by atoms with Gasteiger partial charge in [0.05, 0.1) is 10.6 Å². The number of rotatable bonds is 4. The third-order valence-electron chi connectivity index (χ3n) is 3.75. The number of urea groups is 1. The molecule has 8 heteroatoms. The highest BCUT2D eigenvalue weighted by Crippen LogP contribution is 2.39. The summed E-state index contributed by atoms with van der Waals surface area (Å²) in [5, 5.41) is 14.0. The topological polar surface area (TPSA) is 93.9 Å². The van der Waals surface area contributed by atoms with E-state index in [1.165, 1.54) is 17.9 Å². The van der Waals surface area contributed by atoms with E-state index >= 15 is 0 Å². The Morgan fingerprint density at radius 3 is 2.91 bits per heavy atom. The van der Waals surface area contributed by atoms with Gasteiger partial charge < -0.3 is 19.7 Å². The van der Waals surface area contributed by atoms with Crippen LogP contribution in [0, 0.1) is 10.1 Å². The third-order valence-corrected chi connectivity index (χ3v) is 3.75. The second-order valence-electron chi connectivity index (χ2n) is 5.15. The molecular weight excluding hydrogens is 302 g/mol. The van der Waals surface area contributed by atoms with Crippen LogP contribution in [0.25, 0.3) is 0 Å². The largest absolute Gasteiger partial charge is 0.454 e. The number of carbonyl (C=O) groups is 1. The van der Waals surface area contributed by atoms with Gasteiger partial charge in [0.25, 0.3) is 5.70 Å². The molecule has 2 amide bonds. The van der Waals surface area contributed by atoms with Gasteiger partial charge in [-0.25, -0.2) is 4.79 Å². The molecule has 0 fully saturated rings. The summed E-state index contributed by atoms with van der Waals surface area (Å²) in [5.41, 5.74) is 0.727. The van der Waals surface area contributed by atoms with Crippen LogP contribution in [0.15, 0.2) is 42.2 Å². The smallest absolute Gasteiger partial charge is 0.323 e. The lowest BCUT2D eigenvalue weighted by Gasteiger charge is -2.33. The van der Waals surface area contributed by atoms with Gasteiger partial charge in [0.2, 0.25) is 6.79 Å². The highest BCUT2D eigenvalue weighted by Gasteiger charge is 2.41. The maximum atomic E-state index is 12.2. The van der Waals surface area contributed by atoms with Gasteiger partial charge in [0.15, 0.2) is 17.5 Å². The van der Waals surface area contributed by atoms with E-state index in [-0.39, 0.29) is 24.7 Å². The van der Waals surface area contributed by atoms with Crippen LogP contribution >= 0.6 is 0 Å². The summed E-state index contributed by atoms with van der Waals surface area (Å²) >= 11 is 0. The molecule has 1 unspecified atom stereocenters. The molecule has 0 saturated heterocycles. The minimum atomic E-state index is -0.828. The van der Waals surface area contributed by atoms with Gasteiger partial charge in [0, 0.05) is 6.54 Å². The molecule has 2 heterocycles. The molecule has 1 aromatic carbocycles. The van der Waals surface area contributed by atoms with E-state index in [0.717, 1.165) is 0 Å². The normalized spacial score (nSPS) is 19.6. The number of carbonyl (C=O) groups excluding carboxylic acids is 1. The van der Waals surface area contributed by atoms with Crippen molar-refractivity contribution >= 4 is 6.03 Å². The predicted octanol–water partition coefficient (Wildman–Crippen LogP) is 2.18.